The molecule has 3 aromatic rings. The van der Waals surface area contributed by atoms with E-state index < -0.39 is 9.84 Å². The van der Waals surface area contributed by atoms with Crippen LogP contribution in [0.2, 0.25) is 0 Å². The molecule has 1 aliphatic rings. The third kappa shape index (κ3) is 4.35. The number of epoxide rings is 1. The second kappa shape index (κ2) is 8.04. The standard InChI is InChI=1S/C22H20O5S/c23-28(24,19-9-5-2-6-10-19)20-11-12-21(22(13-20)27-16-18-15-25-18)26-14-17-7-3-1-4-8-17/h1-13,18H,14-16H2. The predicted octanol–water partition coefficient (Wildman–Crippen LogP) is 3.88. The second-order valence-electron chi connectivity index (χ2n) is 6.47. The van der Waals surface area contributed by atoms with Crippen LogP contribution in [0, 0.1) is 0 Å². The maximum atomic E-state index is 12.9. The van der Waals surface area contributed by atoms with Crippen LogP contribution in [0.25, 0.3) is 0 Å². The topological polar surface area (TPSA) is 65.1 Å². The highest BCUT2D eigenvalue weighted by Crippen LogP contribution is 2.33. The maximum absolute atomic E-state index is 12.9. The molecule has 0 spiro atoms. The molecule has 4 rings (SSSR count). The fourth-order valence-electron chi connectivity index (χ4n) is 2.71. The van der Waals surface area contributed by atoms with Gasteiger partial charge in [0.05, 0.1) is 16.4 Å². The van der Waals surface area contributed by atoms with Crippen molar-refractivity contribution >= 4 is 9.84 Å². The van der Waals surface area contributed by atoms with E-state index in [9.17, 15) is 8.42 Å². The van der Waals surface area contributed by atoms with Crippen molar-refractivity contribution in [2.24, 2.45) is 0 Å². The monoisotopic (exact) mass is 396 g/mol. The average Bonchev–Trinajstić information content (AvgIpc) is 3.57. The fourth-order valence-corrected chi connectivity index (χ4v) is 4.00. The molecule has 0 N–H and O–H groups in total. The minimum atomic E-state index is -3.64. The van der Waals surface area contributed by atoms with Crippen LogP contribution >= 0.6 is 0 Å². The van der Waals surface area contributed by atoms with Gasteiger partial charge >= 0.3 is 0 Å². The van der Waals surface area contributed by atoms with Crippen molar-refractivity contribution in [2.45, 2.75) is 22.5 Å². The van der Waals surface area contributed by atoms with Gasteiger partial charge in [0, 0.05) is 6.07 Å². The van der Waals surface area contributed by atoms with Crippen LogP contribution in [0.15, 0.2) is 88.7 Å². The number of ether oxygens (including phenoxy) is 3. The molecule has 5 nitrogen and oxygen atoms in total. The molecule has 1 saturated heterocycles. The third-order valence-electron chi connectivity index (χ3n) is 4.34. The van der Waals surface area contributed by atoms with E-state index in [1.54, 1.807) is 42.5 Å². The van der Waals surface area contributed by atoms with Crippen molar-refractivity contribution < 1.29 is 22.6 Å². The summed E-state index contributed by atoms with van der Waals surface area (Å²) in [5.74, 6) is 0.889. The summed E-state index contributed by atoms with van der Waals surface area (Å²) in [6.45, 7) is 1.38. The van der Waals surface area contributed by atoms with Crippen LogP contribution in [0.3, 0.4) is 0 Å². The quantitative estimate of drug-likeness (QED) is 0.541. The van der Waals surface area contributed by atoms with Gasteiger partial charge in [0.2, 0.25) is 9.84 Å². The molecule has 0 bridgehead atoms. The Morgan fingerprint density at radius 1 is 0.821 bits per heavy atom. The highest BCUT2D eigenvalue weighted by atomic mass is 32.2. The first-order chi connectivity index (χ1) is 13.6. The lowest BCUT2D eigenvalue weighted by Crippen LogP contribution is -2.08. The number of hydrogen-bond acceptors (Lipinski definition) is 5. The van der Waals surface area contributed by atoms with Gasteiger partial charge in [-0.3, -0.25) is 0 Å². The smallest absolute Gasteiger partial charge is 0.206 e. The predicted molar refractivity (Wildman–Crippen MR) is 104 cm³/mol. The van der Waals surface area contributed by atoms with Crippen LogP contribution in [0.1, 0.15) is 5.56 Å². The molecule has 0 saturated carbocycles. The van der Waals surface area contributed by atoms with Crippen LogP contribution in [0.5, 0.6) is 11.5 Å². The van der Waals surface area contributed by atoms with E-state index in [-0.39, 0.29) is 15.9 Å². The van der Waals surface area contributed by atoms with E-state index in [1.807, 2.05) is 30.3 Å². The molecule has 1 atom stereocenters. The first-order valence-electron chi connectivity index (χ1n) is 8.98. The normalized spacial score (nSPS) is 15.8. The summed E-state index contributed by atoms with van der Waals surface area (Å²) in [6.07, 6.45) is 0.0522. The number of sulfone groups is 1. The molecule has 1 fully saturated rings. The number of rotatable bonds is 8. The summed E-state index contributed by atoms with van der Waals surface area (Å²) in [7, 11) is -3.64. The zero-order valence-corrected chi connectivity index (χ0v) is 16.0. The highest BCUT2D eigenvalue weighted by Gasteiger charge is 2.25. The lowest BCUT2D eigenvalue weighted by Gasteiger charge is -2.14. The second-order valence-corrected chi connectivity index (χ2v) is 8.42. The molecule has 1 aliphatic heterocycles. The van der Waals surface area contributed by atoms with Crippen molar-refractivity contribution in [1.29, 1.82) is 0 Å². The summed E-state index contributed by atoms with van der Waals surface area (Å²) in [5.41, 5.74) is 1.01. The minimum Gasteiger partial charge on any atom is -0.487 e. The molecular weight excluding hydrogens is 376 g/mol. The summed E-state index contributed by atoms with van der Waals surface area (Å²) < 4.78 is 42.7. The van der Waals surface area contributed by atoms with Crippen molar-refractivity contribution in [2.75, 3.05) is 13.2 Å². The van der Waals surface area contributed by atoms with Gasteiger partial charge in [-0.15, -0.1) is 0 Å². The van der Waals surface area contributed by atoms with E-state index in [1.165, 1.54) is 6.07 Å². The molecule has 0 radical (unpaired) electrons. The van der Waals surface area contributed by atoms with Crippen LogP contribution in [-0.2, 0) is 21.2 Å². The average molecular weight is 396 g/mol. The van der Waals surface area contributed by atoms with Crippen molar-refractivity contribution in [1.82, 2.24) is 0 Å². The van der Waals surface area contributed by atoms with E-state index in [0.29, 0.717) is 31.3 Å². The molecule has 0 amide bonds. The summed E-state index contributed by atoms with van der Waals surface area (Å²) >= 11 is 0. The SMILES string of the molecule is O=S(=O)(c1ccccc1)c1ccc(OCc2ccccc2)c(OCC2CO2)c1. The number of benzene rings is 3. The first-order valence-corrected chi connectivity index (χ1v) is 10.5. The van der Waals surface area contributed by atoms with Gasteiger partial charge in [0.25, 0.3) is 0 Å². The van der Waals surface area contributed by atoms with Crippen molar-refractivity contribution in [3.05, 3.63) is 84.4 Å². The Morgan fingerprint density at radius 3 is 2.18 bits per heavy atom. The Bertz CT molecular complexity index is 1030. The van der Waals surface area contributed by atoms with Gasteiger partial charge in [-0.25, -0.2) is 8.42 Å². The largest absolute Gasteiger partial charge is 0.487 e. The Hall–Kier alpha value is -2.83. The van der Waals surface area contributed by atoms with Gasteiger partial charge < -0.3 is 14.2 Å². The Balaban J connectivity index is 1.61. The van der Waals surface area contributed by atoms with Crippen LogP contribution in [-0.4, -0.2) is 27.7 Å². The van der Waals surface area contributed by atoms with Crippen molar-refractivity contribution in [3.8, 4) is 11.5 Å². The minimum absolute atomic E-state index is 0.0522. The lowest BCUT2D eigenvalue weighted by atomic mass is 10.2. The molecule has 28 heavy (non-hydrogen) atoms. The lowest BCUT2D eigenvalue weighted by molar-refractivity contribution is 0.237. The number of hydrogen-bond donors (Lipinski definition) is 0. The van der Waals surface area contributed by atoms with Gasteiger partial charge in [-0.1, -0.05) is 48.5 Å². The van der Waals surface area contributed by atoms with Gasteiger partial charge in [0.15, 0.2) is 11.5 Å². The van der Waals surface area contributed by atoms with E-state index in [0.717, 1.165) is 5.56 Å². The first kappa shape index (κ1) is 18.5. The van der Waals surface area contributed by atoms with Gasteiger partial charge in [0.1, 0.15) is 19.3 Å². The summed E-state index contributed by atoms with van der Waals surface area (Å²) in [5, 5.41) is 0. The van der Waals surface area contributed by atoms with Crippen LogP contribution < -0.4 is 9.47 Å². The Labute approximate surface area is 164 Å². The molecule has 1 heterocycles. The Morgan fingerprint density at radius 2 is 1.50 bits per heavy atom. The van der Waals surface area contributed by atoms with Crippen molar-refractivity contribution in [3.63, 3.8) is 0 Å². The van der Waals surface area contributed by atoms with Gasteiger partial charge in [-0.05, 0) is 29.8 Å². The maximum Gasteiger partial charge on any atom is 0.206 e. The third-order valence-corrected chi connectivity index (χ3v) is 6.11. The molecule has 0 aromatic heterocycles. The van der Waals surface area contributed by atoms with Crippen LogP contribution in [0.4, 0.5) is 0 Å². The molecule has 0 aliphatic carbocycles. The molecule has 6 heteroatoms. The molecule has 1 unspecified atom stereocenters. The zero-order chi connectivity index (χ0) is 19.4. The highest BCUT2D eigenvalue weighted by molar-refractivity contribution is 7.91. The van der Waals surface area contributed by atoms with E-state index in [2.05, 4.69) is 0 Å². The molecule has 144 valence electrons. The molecular formula is C22H20O5S. The fraction of sp³-hybridized carbons (Fsp3) is 0.182. The molecule has 3 aromatic carbocycles. The summed E-state index contributed by atoms with van der Waals surface area (Å²) in [6, 6.07) is 22.8. The van der Waals surface area contributed by atoms with E-state index in [4.69, 9.17) is 14.2 Å². The zero-order valence-electron chi connectivity index (χ0n) is 15.2. The summed E-state index contributed by atoms with van der Waals surface area (Å²) in [4.78, 5) is 0.405. The Kier molecular flexibility index (Phi) is 5.32. The van der Waals surface area contributed by atoms with Gasteiger partial charge in [-0.2, -0.15) is 0 Å². The van der Waals surface area contributed by atoms with E-state index >= 15 is 0 Å².